The van der Waals surface area contributed by atoms with Crippen molar-refractivity contribution in [2.45, 2.75) is 5.41 Å². The zero-order valence-electron chi connectivity index (χ0n) is 34.4. The molecule has 11 aromatic rings. The highest BCUT2D eigenvalue weighted by Crippen LogP contribution is 2.60. The maximum absolute atomic E-state index is 5.33. The molecule has 3 nitrogen and oxygen atoms in total. The van der Waals surface area contributed by atoms with Crippen LogP contribution in [0.25, 0.3) is 88.8 Å². The second-order valence-electron chi connectivity index (χ2n) is 16.3. The molecule has 294 valence electrons. The Morgan fingerprint density at radius 1 is 0.333 bits per heavy atom. The number of benzene rings is 9. The van der Waals surface area contributed by atoms with Crippen molar-refractivity contribution < 1.29 is 0 Å². The highest BCUT2D eigenvalue weighted by Gasteiger charge is 2.48. The molecule has 0 saturated carbocycles. The van der Waals surface area contributed by atoms with Crippen LogP contribution in [0.1, 0.15) is 22.3 Å². The van der Waals surface area contributed by atoms with Crippen LogP contribution in [0.15, 0.2) is 237 Å². The maximum atomic E-state index is 5.33. The van der Waals surface area contributed by atoms with Crippen molar-refractivity contribution in [1.29, 1.82) is 0 Å². The molecule has 0 unspecified atom stereocenters. The van der Waals surface area contributed by atoms with Crippen LogP contribution in [0.3, 0.4) is 0 Å². The number of hydrogen-bond donors (Lipinski definition) is 0. The Bertz CT molecular complexity index is 3450. The molecule has 0 amide bonds. The highest BCUT2D eigenvalue weighted by atomic mass is 14.9. The Balaban J connectivity index is 1.10. The molecular formula is C60H39N3. The van der Waals surface area contributed by atoms with E-state index in [1.54, 1.807) is 6.20 Å². The minimum Gasteiger partial charge on any atom is -0.264 e. The quantitative estimate of drug-likeness (QED) is 0.161. The van der Waals surface area contributed by atoms with Gasteiger partial charge in [-0.15, -0.1) is 0 Å². The van der Waals surface area contributed by atoms with Gasteiger partial charge in [0.15, 0.2) is 5.82 Å². The van der Waals surface area contributed by atoms with Gasteiger partial charge < -0.3 is 0 Å². The van der Waals surface area contributed by atoms with Gasteiger partial charge >= 0.3 is 0 Å². The summed E-state index contributed by atoms with van der Waals surface area (Å²) < 4.78 is 0. The van der Waals surface area contributed by atoms with Gasteiger partial charge in [0.1, 0.15) is 0 Å². The molecule has 0 saturated heterocycles. The van der Waals surface area contributed by atoms with Crippen molar-refractivity contribution in [3.8, 4) is 67.3 Å². The zero-order chi connectivity index (χ0) is 41.7. The summed E-state index contributed by atoms with van der Waals surface area (Å²) in [5, 5.41) is 4.77. The average Bonchev–Trinajstić information content (AvgIpc) is 3.66. The molecule has 1 aliphatic rings. The van der Waals surface area contributed by atoms with Crippen LogP contribution in [0.5, 0.6) is 0 Å². The van der Waals surface area contributed by atoms with Crippen molar-refractivity contribution in [3.63, 3.8) is 0 Å². The summed E-state index contributed by atoms with van der Waals surface area (Å²) in [7, 11) is 0. The second kappa shape index (κ2) is 15.0. The molecule has 0 bridgehead atoms. The molecule has 0 atom stereocenters. The Labute approximate surface area is 366 Å². The fourth-order valence-electron chi connectivity index (χ4n) is 10.1. The molecule has 3 heteroatoms. The summed E-state index contributed by atoms with van der Waals surface area (Å²) in [6.45, 7) is 0. The van der Waals surface area contributed by atoms with Crippen molar-refractivity contribution in [1.82, 2.24) is 15.0 Å². The monoisotopic (exact) mass is 801 g/mol. The predicted molar refractivity (Wildman–Crippen MR) is 259 cm³/mol. The molecule has 0 N–H and O–H groups in total. The largest absolute Gasteiger partial charge is 0.264 e. The molecule has 2 heterocycles. The Hall–Kier alpha value is -8.27. The molecule has 9 aromatic carbocycles. The Kier molecular flexibility index (Phi) is 8.72. The second-order valence-corrected chi connectivity index (χ2v) is 16.3. The van der Waals surface area contributed by atoms with E-state index >= 15 is 0 Å². The van der Waals surface area contributed by atoms with Crippen molar-refractivity contribution >= 4 is 21.5 Å². The first-order valence-corrected chi connectivity index (χ1v) is 21.5. The lowest BCUT2D eigenvalue weighted by Gasteiger charge is -2.35. The maximum Gasteiger partial charge on any atom is 0.160 e. The van der Waals surface area contributed by atoms with Crippen LogP contribution >= 0.6 is 0 Å². The lowest BCUT2D eigenvalue weighted by molar-refractivity contribution is 0.771. The molecule has 1 aliphatic carbocycles. The van der Waals surface area contributed by atoms with Crippen LogP contribution in [-0.2, 0) is 5.41 Å². The first-order chi connectivity index (χ1) is 31.2. The molecule has 12 rings (SSSR count). The Morgan fingerprint density at radius 2 is 0.889 bits per heavy atom. The summed E-state index contributed by atoms with van der Waals surface area (Å²) >= 11 is 0. The van der Waals surface area contributed by atoms with E-state index in [1.807, 2.05) is 30.5 Å². The molecule has 63 heavy (non-hydrogen) atoms. The molecular weight excluding hydrogens is 763 g/mol. The summed E-state index contributed by atoms with van der Waals surface area (Å²) in [5.41, 5.74) is 16.4. The topological polar surface area (TPSA) is 38.7 Å². The zero-order valence-corrected chi connectivity index (χ0v) is 34.4. The molecule has 0 fully saturated rings. The summed E-state index contributed by atoms with van der Waals surface area (Å²) in [5.74, 6) is 0.685. The van der Waals surface area contributed by atoms with Crippen LogP contribution in [0, 0.1) is 0 Å². The van der Waals surface area contributed by atoms with Crippen molar-refractivity contribution in [3.05, 3.63) is 259 Å². The summed E-state index contributed by atoms with van der Waals surface area (Å²) in [6, 6.07) is 81.1. The van der Waals surface area contributed by atoms with E-state index in [2.05, 4.69) is 205 Å². The number of rotatable bonds is 7. The van der Waals surface area contributed by atoms with Gasteiger partial charge in [0.25, 0.3) is 0 Å². The number of pyridine rings is 1. The summed E-state index contributed by atoms with van der Waals surface area (Å²) in [4.78, 5) is 14.9. The minimum atomic E-state index is -0.579. The Morgan fingerprint density at radius 3 is 1.60 bits per heavy atom. The summed E-state index contributed by atoms with van der Waals surface area (Å²) in [6.07, 6.45) is 3.71. The number of hydrogen-bond acceptors (Lipinski definition) is 3. The molecule has 2 aromatic heterocycles. The van der Waals surface area contributed by atoms with Gasteiger partial charge in [-0.25, -0.2) is 9.97 Å². The van der Waals surface area contributed by atoms with E-state index in [0.717, 1.165) is 44.6 Å². The third-order valence-electron chi connectivity index (χ3n) is 12.8. The van der Waals surface area contributed by atoms with Crippen molar-refractivity contribution in [2.24, 2.45) is 0 Å². The van der Waals surface area contributed by atoms with Crippen LogP contribution < -0.4 is 0 Å². The number of aromatic nitrogens is 3. The highest BCUT2D eigenvalue weighted by molar-refractivity contribution is 6.07. The SMILES string of the molecule is c1ccc(-c2nc(-c3cccc(-c4cccnc4)c3)cc(-c3ccc(-c4cccc5c4C(c4ccccc4)(c4ccccc4)c4cc6ccccc6cc4-5)c4ccccc34)n2)cc1. The van der Waals surface area contributed by atoms with Gasteiger partial charge in [-0.2, -0.15) is 0 Å². The third-order valence-corrected chi connectivity index (χ3v) is 12.8. The molecule has 0 spiro atoms. The number of nitrogens with zero attached hydrogens (tertiary/aromatic N) is 3. The third kappa shape index (κ3) is 6.01. The van der Waals surface area contributed by atoms with Crippen molar-refractivity contribution in [2.75, 3.05) is 0 Å². The molecule has 0 aliphatic heterocycles. The van der Waals surface area contributed by atoms with E-state index in [0.29, 0.717) is 5.82 Å². The standard InChI is InChI=1S/C60H39N3/c1-4-17-40(18-5-1)59-62-56(44-22-14-21-41(35-44)45-23-16-34-61-39-45)38-57(63-59)51-33-32-50(48-28-12-13-29-49(48)51)52-30-15-31-53-54-36-42-19-10-11-20-43(42)37-55(54)60(58(52)53,46-24-6-2-7-25-46)47-26-8-3-9-27-47/h1-39H. The normalized spacial score (nSPS) is 12.6. The average molecular weight is 802 g/mol. The van der Waals surface area contributed by atoms with E-state index in [-0.39, 0.29) is 0 Å². The first-order valence-electron chi connectivity index (χ1n) is 21.5. The van der Waals surface area contributed by atoms with E-state index < -0.39 is 5.41 Å². The fraction of sp³-hybridized carbons (Fsp3) is 0.0167. The van der Waals surface area contributed by atoms with E-state index in [9.17, 15) is 0 Å². The predicted octanol–water partition coefficient (Wildman–Crippen LogP) is 14.9. The van der Waals surface area contributed by atoms with Gasteiger partial charge in [-0.3, -0.25) is 4.98 Å². The molecule has 0 radical (unpaired) electrons. The van der Waals surface area contributed by atoms with Crippen LogP contribution in [0.4, 0.5) is 0 Å². The van der Waals surface area contributed by atoms with E-state index in [4.69, 9.17) is 9.97 Å². The fourth-order valence-corrected chi connectivity index (χ4v) is 10.1. The van der Waals surface area contributed by atoms with Crippen LogP contribution in [-0.4, -0.2) is 15.0 Å². The number of fused-ring (bicyclic) bond motifs is 5. The van der Waals surface area contributed by atoms with E-state index in [1.165, 1.54) is 60.7 Å². The lowest BCUT2D eigenvalue weighted by atomic mass is 9.66. The lowest BCUT2D eigenvalue weighted by Crippen LogP contribution is -2.29. The smallest absolute Gasteiger partial charge is 0.160 e. The van der Waals surface area contributed by atoms with Gasteiger partial charge in [0.05, 0.1) is 16.8 Å². The minimum absolute atomic E-state index is 0.579. The van der Waals surface area contributed by atoms with Gasteiger partial charge in [0.2, 0.25) is 0 Å². The first kappa shape index (κ1) is 36.6. The van der Waals surface area contributed by atoms with Gasteiger partial charge in [-0.05, 0) is 102 Å². The van der Waals surface area contributed by atoms with Crippen LogP contribution in [0.2, 0.25) is 0 Å². The van der Waals surface area contributed by atoms with Gasteiger partial charge in [0, 0.05) is 34.6 Å². The van der Waals surface area contributed by atoms with Gasteiger partial charge in [-0.1, -0.05) is 194 Å².